The van der Waals surface area contributed by atoms with Crippen LogP contribution in [0.3, 0.4) is 0 Å². The van der Waals surface area contributed by atoms with Crippen LogP contribution in [0.5, 0.6) is 11.5 Å². The molecule has 2 aromatic rings. The standard InChI is InChI=1S/C19H27N5O2/c1-12-8-18(20-2)23-19(21-12)22-13-6-7-16(25-5)17(9-13)26-15-10-14(11-15)24(3)4/h6-9,14-15H,10-11H2,1-5H3,(H2,20,21,22,23)/t14-,15-. The normalized spacial score (nSPS) is 19.0. The van der Waals surface area contributed by atoms with E-state index in [1.54, 1.807) is 7.11 Å². The average molecular weight is 357 g/mol. The fourth-order valence-electron chi connectivity index (χ4n) is 2.96. The van der Waals surface area contributed by atoms with Crippen LogP contribution in [0, 0.1) is 6.92 Å². The second-order valence-corrected chi connectivity index (χ2v) is 6.79. The van der Waals surface area contributed by atoms with Crippen molar-refractivity contribution < 1.29 is 9.47 Å². The quantitative estimate of drug-likeness (QED) is 0.789. The van der Waals surface area contributed by atoms with Crippen LogP contribution in [0.1, 0.15) is 18.5 Å². The summed E-state index contributed by atoms with van der Waals surface area (Å²) < 4.78 is 11.6. The Morgan fingerprint density at radius 3 is 2.54 bits per heavy atom. The minimum absolute atomic E-state index is 0.220. The van der Waals surface area contributed by atoms with Crippen LogP contribution in [0.15, 0.2) is 24.3 Å². The molecule has 0 amide bonds. The van der Waals surface area contributed by atoms with Crippen molar-refractivity contribution in [2.24, 2.45) is 0 Å². The molecule has 7 nitrogen and oxygen atoms in total. The SMILES string of the molecule is CNc1cc(C)nc(Nc2ccc(OC)c(O[C@H]3C[C@H](N(C)C)C3)c2)n1. The average Bonchev–Trinajstić information content (AvgIpc) is 2.57. The van der Waals surface area contributed by atoms with E-state index in [-0.39, 0.29) is 6.10 Å². The molecule has 1 aromatic carbocycles. The van der Waals surface area contributed by atoms with Gasteiger partial charge in [0.2, 0.25) is 5.95 Å². The van der Waals surface area contributed by atoms with Crippen LogP contribution in [-0.2, 0) is 0 Å². The molecule has 1 aliphatic rings. The summed E-state index contributed by atoms with van der Waals surface area (Å²) in [7, 11) is 7.70. The number of anilines is 3. The summed E-state index contributed by atoms with van der Waals surface area (Å²) >= 11 is 0. The maximum Gasteiger partial charge on any atom is 0.229 e. The molecule has 1 aromatic heterocycles. The monoisotopic (exact) mass is 357 g/mol. The van der Waals surface area contributed by atoms with Gasteiger partial charge in [0.05, 0.1) is 7.11 Å². The third kappa shape index (κ3) is 4.16. The summed E-state index contributed by atoms with van der Waals surface area (Å²) in [5, 5.41) is 6.28. The van der Waals surface area contributed by atoms with E-state index in [1.807, 2.05) is 38.2 Å². The van der Waals surface area contributed by atoms with Gasteiger partial charge in [-0.15, -0.1) is 0 Å². The lowest BCUT2D eigenvalue weighted by Crippen LogP contribution is -2.46. The van der Waals surface area contributed by atoms with Crippen molar-refractivity contribution in [3.05, 3.63) is 30.0 Å². The molecule has 3 rings (SSSR count). The minimum Gasteiger partial charge on any atom is -0.493 e. The van der Waals surface area contributed by atoms with Crippen LogP contribution in [0.25, 0.3) is 0 Å². The van der Waals surface area contributed by atoms with Crippen LogP contribution >= 0.6 is 0 Å². The van der Waals surface area contributed by atoms with Gasteiger partial charge in [-0.1, -0.05) is 0 Å². The molecule has 1 aliphatic carbocycles. The zero-order valence-corrected chi connectivity index (χ0v) is 16.0. The van der Waals surface area contributed by atoms with Gasteiger partial charge in [0.15, 0.2) is 11.5 Å². The topological polar surface area (TPSA) is 71.5 Å². The lowest BCUT2D eigenvalue weighted by Gasteiger charge is -2.39. The summed E-state index contributed by atoms with van der Waals surface area (Å²) in [5.74, 6) is 2.78. The van der Waals surface area contributed by atoms with Crippen molar-refractivity contribution >= 4 is 17.5 Å². The highest BCUT2D eigenvalue weighted by molar-refractivity contribution is 5.60. The smallest absolute Gasteiger partial charge is 0.229 e. The van der Waals surface area contributed by atoms with Gasteiger partial charge in [-0.05, 0) is 46.0 Å². The molecule has 7 heteroatoms. The van der Waals surface area contributed by atoms with Crippen LogP contribution in [0.2, 0.25) is 0 Å². The fourth-order valence-corrected chi connectivity index (χ4v) is 2.96. The Labute approximate surface area is 154 Å². The van der Waals surface area contributed by atoms with E-state index in [2.05, 4.69) is 39.6 Å². The number of rotatable bonds is 7. The maximum atomic E-state index is 6.15. The first-order valence-corrected chi connectivity index (χ1v) is 8.80. The van der Waals surface area contributed by atoms with Crippen molar-refractivity contribution in [2.75, 3.05) is 38.9 Å². The fraction of sp³-hybridized carbons (Fsp3) is 0.474. The van der Waals surface area contributed by atoms with Crippen LogP contribution in [-0.4, -0.2) is 55.3 Å². The molecule has 0 unspecified atom stereocenters. The maximum absolute atomic E-state index is 6.15. The second kappa shape index (κ2) is 7.78. The van der Waals surface area contributed by atoms with Gasteiger partial charge in [-0.2, -0.15) is 4.98 Å². The molecule has 0 atom stereocenters. The summed E-state index contributed by atoms with van der Waals surface area (Å²) in [6.45, 7) is 1.94. The molecule has 0 saturated heterocycles. The van der Waals surface area contributed by atoms with Gasteiger partial charge in [-0.25, -0.2) is 4.98 Å². The molecule has 26 heavy (non-hydrogen) atoms. The molecule has 1 saturated carbocycles. The molecule has 0 radical (unpaired) electrons. The molecular formula is C19H27N5O2. The number of aryl methyl sites for hydroxylation is 1. The Balaban J connectivity index is 1.74. The molecular weight excluding hydrogens is 330 g/mol. The Morgan fingerprint density at radius 2 is 1.88 bits per heavy atom. The molecule has 140 valence electrons. The molecule has 1 fully saturated rings. The molecule has 0 aliphatic heterocycles. The van der Waals surface area contributed by atoms with Crippen molar-refractivity contribution in [1.82, 2.24) is 14.9 Å². The predicted octanol–water partition coefficient (Wildman–Crippen LogP) is 3.05. The molecule has 1 heterocycles. The Bertz CT molecular complexity index is 760. The summed E-state index contributed by atoms with van der Waals surface area (Å²) in [4.78, 5) is 11.1. The van der Waals surface area contributed by atoms with Crippen molar-refractivity contribution in [1.29, 1.82) is 0 Å². The van der Waals surface area contributed by atoms with Gasteiger partial charge >= 0.3 is 0 Å². The van der Waals surface area contributed by atoms with Crippen molar-refractivity contribution in [3.8, 4) is 11.5 Å². The molecule has 0 spiro atoms. The van der Waals surface area contributed by atoms with Gasteiger partial charge in [-0.3, -0.25) is 0 Å². The second-order valence-electron chi connectivity index (χ2n) is 6.79. The highest BCUT2D eigenvalue weighted by Gasteiger charge is 2.32. The van der Waals surface area contributed by atoms with Gasteiger partial charge < -0.3 is 25.0 Å². The highest BCUT2D eigenvalue weighted by Crippen LogP contribution is 2.36. The van der Waals surface area contributed by atoms with Gasteiger partial charge in [0, 0.05) is 36.6 Å². The van der Waals surface area contributed by atoms with Crippen molar-refractivity contribution in [2.45, 2.75) is 31.9 Å². The number of hydrogen-bond acceptors (Lipinski definition) is 7. The summed E-state index contributed by atoms with van der Waals surface area (Å²) in [6, 6.07) is 8.25. The minimum atomic E-state index is 0.220. The number of nitrogens with zero attached hydrogens (tertiary/aromatic N) is 3. The predicted molar refractivity (Wildman–Crippen MR) is 104 cm³/mol. The highest BCUT2D eigenvalue weighted by atomic mass is 16.5. The Hall–Kier alpha value is -2.54. The van der Waals surface area contributed by atoms with Gasteiger partial charge in [0.25, 0.3) is 0 Å². The lowest BCUT2D eigenvalue weighted by atomic mass is 9.88. The first-order chi connectivity index (χ1) is 12.5. The van der Waals surface area contributed by atoms with E-state index in [0.717, 1.165) is 41.5 Å². The number of hydrogen-bond donors (Lipinski definition) is 2. The Morgan fingerprint density at radius 1 is 1.12 bits per heavy atom. The van der Waals surface area contributed by atoms with Crippen LogP contribution < -0.4 is 20.1 Å². The Kier molecular flexibility index (Phi) is 5.46. The van der Waals surface area contributed by atoms with Gasteiger partial charge in [0.1, 0.15) is 11.9 Å². The number of nitrogens with one attached hydrogen (secondary N) is 2. The van der Waals surface area contributed by atoms with E-state index >= 15 is 0 Å². The number of methoxy groups -OCH3 is 1. The number of aromatic nitrogens is 2. The largest absolute Gasteiger partial charge is 0.493 e. The zero-order chi connectivity index (χ0) is 18.7. The van der Waals surface area contributed by atoms with Crippen molar-refractivity contribution in [3.63, 3.8) is 0 Å². The third-order valence-corrected chi connectivity index (χ3v) is 4.62. The van der Waals surface area contributed by atoms with E-state index in [4.69, 9.17) is 9.47 Å². The lowest BCUT2D eigenvalue weighted by molar-refractivity contribution is 0.0383. The van der Waals surface area contributed by atoms with E-state index in [1.165, 1.54) is 0 Å². The van der Waals surface area contributed by atoms with E-state index < -0.39 is 0 Å². The first-order valence-electron chi connectivity index (χ1n) is 8.80. The molecule has 0 bridgehead atoms. The molecule has 2 N–H and O–H groups in total. The first kappa shape index (κ1) is 18.3. The summed E-state index contributed by atoms with van der Waals surface area (Å²) in [6.07, 6.45) is 2.28. The van der Waals surface area contributed by atoms with E-state index in [9.17, 15) is 0 Å². The number of ether oxygens (including phenoxy) is 2. The summed E-state index contributed by atoms with van der Waals surface area (Å²) in [5.41, 5.74) is 1.75. The zero-order valence-electron chi connectivity index (χ0n) is 16.0. The van der Waals surface area contributed by atoms with Crippen LogP contribution in [0.4, 0.5) is 17.5 Å². The van der Waals surface area contributed by atoms with E-state index in [0.29, 0.717) is 12.0 Å². The number of benzene rings is 1. The third-order valence-electron chi connectivity index (χ3n) is 4.62.